The lowest BCUT2D eigenvalue weighted by molar-refractivity contribution is -0.141. The van der Waals surface area contributed by atoms with E-state index >= 15 is 0 Å². The first kappa shape index (κ1) is 7.97. The second-order valence-corrected chi connectivity index (χ2v) is 1.91. The summed E-state index contributed by atoms with van der Waals surface area (Å²) in [5.74, 6) is 0. The first-order chi connectivity index (χ1) is 5.00. The molecule has 1 heterocycles. The minimum atomic E-state index is -4.42. The highest BCUT2D eigenvalue weighted by molar-refractivity contribution is 5.10. The van der Waals surface area contributed by atoms with Gasteiger partial charge in [-0.2, -0.15) is 18.3 Å². The Morgan fingerprint density at radius 3 is 2.18 bits per heavy atom. The molecule has 1 radical (unpaired) electrons. The molecule has 0 aliphatic rings. The summed E-state index contributed by atoms with van der Waals surface area (Å²) in [4.78, 5) is 0. The smallest absolute Gasteiger partial charge is 0.164 e. The van der Waals surface area contributed by atoms with Crippen LogP contribution in [-0.4, -0.2) is 10.2 Å². The normalized spacial score (nSPS) is 11.6. The van der Waals surface area contributed by atoms with E-state index in [1.807, 2.05) is 0 Å². The van der Waals surface area contributed by atoms with Gasteiger partial charge in [-0.05, 0) is 19.1 Å². The maximum Gasteiger partial charge on any atom is 0.435 e. The predicted octanol–water partition coefficient (Wildman–Crippen LogP) is 1.68. The van der Waals surface area contributed by atoms with E-state index in [9.17, 15) is 13.2 Å². The molecule has 0 saturated carbocycles. The summed E-state index contributed by atoms with van der Waals surface area (Å²) in [6.45, 7) is 3.30. The first-order valence-corrected chi connectivity index (χ1v) is 2.73. The Labute approximate surface area is 61.1 Å². The van der Waals surface area contributed by atoms with Crippen LogP contribution in [0.25, 0.3) is 0 Å². The fourth-order valence-electron chi connectivity index (χ4n) is 0.511. The van der Waals surface area contributed by atoms with Crippen molar-refractivity contribution in [3.05, 3.63) is 30.4 Å². The lowest BCUT2D eigenvalue weighted by Gasteiger charge is -2.02. The number of nitrogens with zero attached hydrogens (tertiary/aromatic N) is 2. The van der Waals surface area contributed by atoms with Crippen LogP contribution in [0.1, 0.15) is 11.4 Å². The first-order valence-electron chi connectivity index (χ1n) is 2.73. The zero-order chi connectivity index (χ0) is 8.48. The van der Waals surface area contributed by atoms with E-state index in [0.29, 0.717) is 0 Å². The maximum absolute atomic E-state index is 11.8. The molecule has 11 heavy (non-hydrogen) atoms. The van der Waals surface area contributed by atoms with Crippen LogP contribution in [-0.2, 0) is 6.18 Å². The zero-order valence-electron chi connectivity index (χ0n) is 5.39. The van der Waals surface area contributed by atoms with E-state index in [1.54, 1.807) is 0 Å². The Bertz CT molecular complexity index is 239. The van der Waals surface area contributed by atoms with E-state index in [0.717, 1.165) is 12.1 Å². The van der Waals surface area contributed by atoms with Crippen molar-refractivity contribution in [1.82, 2.24) is 10.2 Å². The molecule has 0 spiro atoms. The number of alkyl halides is 3. The van der Waals surface area contributed by atoms with E-state index in [4.69, 9.17) is 0 Å². The molecule has 0 aromatic carbocycles. The molecule has 0 aliphatic carbocycles. The summed E-state index contributed by atoms with van der Waals surface area (Å²) in [7, 11) is 0. The Morgan fingerprint density at radius 2 is 1.82 bits per heavy atom. The maximum atomic E-state index is 11.8. The SMILES string of the molecule is [CH2]c1ccc(C(F)(F)F)nn1. The molecule has 0 aliphatic heterocycles. The summed E-state index contributed by atoms with van der Waals surface area (Å²) in [6, 6.07) is 2.01. The van der Waals surface area contributed by atoms with Crippen molar-refractivity contribution in [3.63, 3.8) is 0 Å². The average Bonchev–Trinajstić information content (AvgIpc) is 1.86. The predicted molar refractivity (Wildman–Crippen MR) is 31.5 cm³/mol. The fourth-order valence-corrected chi connectivity index (χ4v) is 0.511. The second-order valence-electron chi connectivity index (χ2n) is 1.91. The van der Waals surface area contributed by atoms with Crippen LogP contribution in [0.5, 0.6) is 0 Å². The van der Waals surface area contributed by atoms with Crippen molar-refractivity contribution in [1.29, 1.82) is 0 Å². The lowest BCUT2D eigenvalue weighted by Crippen LogP contribution is -2.08. The van der Waals surface area contributed by atoms with Crippen LogP contribution in [0.4, 0.5) is 13.2 Å². The van der Waals surface area contributed by atoms with Crippen molar-refractivity contribution >= 4 is 0 Å². The highest BCUT2D eigenvalue weighted by Crippen LogP contribution is 2.26. The standard InChI is InChI=1S/C6H4F3N2/c1-4-2-3-5(11-10-4)6(7,8)9/h2-3H,1H2. The number of hydrogen-bond donors (Lipinski definition) is 0. The molecule has 0 atom stereocenters. The summed E-state index contributed by atoms with van der Waals surface area (Å²) in [5.41, 5.74) is -0.775. The largest absolute Gasteiger partial charge is 0.435 e. The monoisotopic (exact) mass is 161 g/mol. The third kappa shape index (κ3) is 1.89. The zero-order valence-corrected chi connectivity index (χ0v) is 5.39. The van der Waals surface area contributed by atoms with Crippen LogP contribution in [0.15, 0.2) is 12.1 Å². The Hall–Kier alpha value is -1.13. The van der Waals surface area contributed by atoms with E-state index < -0.39 is 11.9 Å². The Kier molecular flexibility index (Phi) is 1.80. The minimum Gasteiger partial charge on any atom is -0.164 e. The molecule has 0 amide bonds. The van der Waals surface area contributed by atoms with Gasteiger partial charge >= 0.3 is 6.18 Å². The van der Waals surface area contributed by atoms with Gasteiger partial charge in [0.2, 0.25) is 0 Å². The van der Waals surface area contributed by atoms with Gasteiger partial charge in [0.15, 0.2) is 5.69 Å². The summed E-state index contributed by atoms with van der Waals surface area (Å²) >= 11 is 0. The molecular formula is C6H4F3N2. The third-order valence-corrected chi connectivity index (χ3v) is 1.01. The third-order valence-electron chi connectivity index (χ3n) is 1.01. The van der Waals surface area contributed by atoms with Gasteiger partial charge < -0.3 is 0 Å². The molecule has 0 unspecified atom stereocenters. The van der Waals surface area contributed by atoms with Gasteiger partial charge in [-0.1, -0.05) is 0 Å². The second kappa shape index (κ2) is 2.48. The Balaban J connectivity index is 2.99. The van der Waals surface area contributed by atoms with Gasteiger partial charge in [0.1, 0.15) is 0 Å². The molecular weight excluding hydrogens is 157 g/mol. The highest BCUT2D eigenvalue weighted by Gasteiger charge is 2.32. The summed E-state index contributed by atoms with van der Waals surface area (Å²) in [6.07, 6.45) is -4.42. The lowest BCUT2D eigenvalue weighted by atomic mass is 10.3. The minimum absolute atomic E-state index is 0.220. The van der Waals surface area contributed by atoms with Gasteiger partial charge in [-0.15, -0.1) is 5.10 Å². The molecule has 0 fully saturated rings. The molecule has 2 nitrogen and oxygen atoms in total. The summed E-state index contributed by atoms with van der Waals surface area (Å²) in [5, 5.41) is 6.08. The molecule has 1 rings (SSSR count). The average molecular weight is 161 g/mol. The van der Waals surface area contributed by atoms with Gasteiger partial charge in [0.25, 0.3) is 0 Å². The highest BCUT2D eigenvalue weighted by atomic mass is 19.4. The quantitative estimate of drug-likeness (QED) is 0.578. The number of aromatic nitrogens is 2. The van der Waals surface area contributed by atoms with Gasteiger partial charge in [-0.3, -0.25) is 0 Å². The van der Waals surface area contributed by atoms with Crippen molar-refractivity contribution in [2.24, 2.45) is 0 Å². The number of halogens is 3. The van der Waals surface area contributed by atoms with Crippen molar-refractivity contribution in [2.75, 3.05) is 0 Å². The van der Waals surface area contributed by atoms with Crippen molar-refractivity contribution in [2.45, 2.75) is 6.18 Å². The van der Waals surface area contributed by atoms with E-state index in [1.165, 1.54) is 0 Å². The van der Waals surface area contributed by atoms with Crippen LogP contribution in [0.3, 0.4) is 0 Å². The molecule has 1 aromatic heterocycles. The molecule has 0 bridgehead atoms. The van der Waals surface area contributed by atoms with Crippen LogP contribution >= 0.6 is 0 Å². The topological polar surface area (TPSA) is 25.8 Å². The van der Waals surface area contributed by atoms with E-state index in [-0.39, 0.29) is 5.69 Å². The molecule has 0 N–H and O–H groups in total. The van der Waals surface area contributed by atoms with Gasteiger partial charge in [0, 0.05) is 0 Å². The van der Waals surface area contributed by atoms with Crippen LogP contribution in [0, 0.1) is 6.92 Å². The van der Waals surface area contributed by atoms with E-state index in [2.05, 4.69) is 17.1 Å². The number of hydrogen-bond acceptors (Lipinski definition) is 2. The van der Waals surface area contributed by atoms with Crippen molar-refractivity contribution in [3.8, 4) is 0 Å². The summed E-state index contributed by atoms with van der Waals surface area (Å²) < 4.78 is 35.4. The molecule has 1 aromatic rings. The van der Waals surface area contributed by atoms with Crippen LogP contribution in [0.2, 0.25) is 0 Å². The molecule has 5 heteroatoms. The van der Waals surface area contributed by atoms with Gasteiger partial charge in [0.05, 0.1) is 5.69 Å². The fraction of sp³-hybridized carbons (Fsp3) is 0.167. The molecule has 0 saturated heterocycles. The molecule has 59 valence electrons. The number of rotatable bonds is 0. The van der Waals surface area contributed by atoms with Crippen molar-refractivity contribution < 1.29 is 13.2 Å². The van der Waals surface area contributed by atoms with Crippen LogP contribution < -0.4 is 0 Å². The Morgan fingerprint density at radius 1 is 1.18 bits per heavy atom. The van der Waals surface area contributed by atoms with Gasteiger partial charge in [-0.25, -0.2) is 0 Å².